The fourth-order valence-corrected chi connectivity index (χ4v) is 3.83. The van der Waals surface area contributed by atoms with E-state index in [0.717, 1.165) is 0 Å². The van der Waals surface area contributed by atoms with E-state index in [-0.39, 0.29) is 5.56 Å². The molecule has 0 aliphatic heterocycles. The Labute approximate surface area is 225 Å². The van der Waals surface area contributed by atoms with Crippen molar-refractivity contribution < 1.29 is 28.4 Å². The first kappa shape index (κ1) is 29.0. The van der Waals surface area contributed by atoms with Crippen molar-refractivity contribution in [1.29, 1.82) is 0 Å². The molecule has 2 heterocycles. The average molecular weight is 556 g/mol. The number of benzene rings is 1. The lowest BCUT2D eigenvalue weighted by Crippen LogP contribution is -2.12. The fraction of sp³-hybridized carbons (Fsp3) is 0.440. The lowest BCUT2D eigenvalue weighted by atomic mass is 10.1. The maximum atomic E-state index is 12.5. The Morgan fingerprint density at radius 3 is 2.19 bits per heavy atom. The number of fused-ring (bicyclic) bond motifs is 1. The van der Waals surface area contributed by atoms with Crippen molar-refractivity contribution in [3.05, 3.63) is 51.0 Å². The van der Waals surface area contributed by atoms with E-state index in [1.807, 2.05) is 6.07 Å². The standard InChI is InChI=1S/C25H31Cl2N3O7/c1-32-8-9-35-12-13-36-11-10-34-6-3-7-37-25-21(33-2)5-4-17-20(14-22(31)30-23(17)25)29-24-18(26)15-28-16-19(24)27/h4-5,14-16H,3,6-13H2,1-2H3,(H2,28,29,30,31). The summed E-state index contributed by atoms with van der Waals surface area (Å²) in [6.45, 7) is 3.94. The molecule has 0 fully saturated rings. The number of methoxy groups -OCH3 is 2. The van der Waals surface area contributed by atoms with Crippen LogP contribution < -0.4 is 20.3 Å². The first-order valence-corrected chi connectivity index (χ1v) is 12.5. The topological polar surface area (TPSA) is 113 Å². The van der Waals surface area contributed by atoms with Crippen molar-refractivity contribution in [3.63, 3.8) is 0 Å². The van der Waals surface area contributed by atoms with Gasteiger partial charge in [-0.3, -0.25) is 9.78 Å². The van der Waals surface area contributed by atoms with Gasteiger partial charge in [-0.1, -0.05) is 23.2 Å². The summed E-state index contributed by atoms with van der Waals surface area (Å²) in [6.07, 6.45) is 3.57. The van der Waals surface area contributed by atoms with Crippen LogP contribution in [0.3, 0.4) is 0 Å². The van der Waals surface area contributed by atoms with Crippen LogP contribution in [0.5, 0.6) is 11.5 Å². The molecule has 37 heavy (non-hydrogen) atoms. The Kier molecular flexibility index (Phi) is 12.2. The molecule has 0 radical (unpaired) electrons. The summed E-state index contributed by atoms with van der Waals surface area (Å²) in [7, 11) is 3.17. The average Bonchev–Trinajstić information content (AvgIpc) is 2.89. The van der Waals surface area contributed by atoms with E-state index in [9.17, 15) is 4.79 Å². The minimum absolute atomic E-state index is 0.326. The van der Waals surface area contributed by atoms with Gasteiger partial charge < -0.3 is 38.7 Å². The van der Waals surface area contributed by atoms with E-state index in [1.54, 1.807) is 13.2 Å². The number of aromatic nitrogens is 2. The molecule has 2 N–H and O–H groups in total. The number of aromatic amines is 1. The lowest BCUT2D eigenvalue weighted by molar-refractivity contribution is 0.00249. The Balaban J connectivity index is 1.56. The number of hydrogen-bond donors (Lipinski definition) is 2. The Morgan fingerprint density at radius 2 is 1.54 bits per heavy atom. The molecule has 0 unspecified atom stereocenters. The molecule has 3 aromatic rings. The Bertz CT molecular complexity index is 1170. The number of anilines is 2. The van der Waals surface area contributed by atoms with Crippen molar-refractivity contribution in [2.75, 3.05) is 72.4 Å². The van der Waals surface area contributed by atoms with Gasteiger partial charge in [-0.2, -0.15) is 0 Å². The van der Waals surface area contributed by atoms with Crippen molar-refractivity contribution >= 4 is 45.5 Å². The number of ether oxygens (including phenoxy) is 6. The highest BCUT2D eigenvalue weighted by Crippen LogP contribution is 2.39. The number of H-pyrrole nitrogens is 1. The molecule has 10 nitrogen and oxygen atoms in total. The predicted molar refractivity (Wildman–Crippen MR) is 143 cm³/mol. The summed E-state index contributed by atoms with van der Waals surface area (Å²) in [5, 5.41) is 4.49. The predicted octanol–water partition coefficient (Wildman–Crippen LogP) is 4.45. The largest absolute Gasteiger partial charge is 0.493 e. The van der Waals surface area contributed by atoms with Crippen LogP contribution in [0.25, 0.3) is 10.9 Å². The molecule has 0 bridgehead atoms. The molecule has 0 saturated carbocycles. The van der Waals surface area contributed by atoms with Gasteiger partial charge in [-0.25, -0.2) is 0 Å². The lowest BCUT2D eigenvalue weighted by Gasteiger charge is -2.16. The summed E-state index contributed by atoms with van der Waals surface area (Å²) in [4.78, 5) is 19.3. The first-order valence-electron chi connectivity index (χ1n) is 11.7. The summed E-state index contributed by atoms with van der Waals surface area (Å²) >= 11 is 12.5. The number of nitrogens with zero attached hydrogens (tertiary/aromatic N) is 1. The second-order valence-electron chi connectivity index (χ2n) is 7.70. The molecule has 0 amide bonds. The molecular formula is C25H31Cl2N3O7. The van der Waals surface area contributed by atoms with Crippen LogP contribution in [-0.4, -0.2) is 77.0 Å². The van der Waals surface area contributed by atoms with E-state index < -0.39 is 0 Å². The van der Waals surface area contributed by atoms with Crippen LogP contribution in [0.2, 0.25) is 10.0 Å². The van der Waals surface area contributed by atoms with Gasteiger partial charge in [-0.15, -0.1) is 0 Å². The number of hydrogen-bond acceptors (Lipinski definition) is 9. The van der Waals surface area contributed by atoms with Crippen LogP contribution in [0, 0.1) is 0 Å². The fourth-order valence-electron chi connectivity index (χ4n) is 3.37. The maximum Gasteiger partial charge on any atom is 0.250 e. The molecule has 0 aliphatic carbocycles. The number of halogens is 2. The highest BCUT2D eigenvalue weighted by atomic mass is 35.5. The molecule has 0 atom stereocenters. The number of pyridine rings is 2. The minimum Gasteiger partial charge on any atom is -0.493 e. The number of rotatable bonds is 17. The van der Waals surface area contributed by atoms with Gasteiger partial charge in [0.25, 0.3) is 5.56 Å². The van der Waals surface area contributed by atoms with Crippen molar-refractivity contribution in [3.8, 4) is 11.5 Å². The third-order valence-electron chi connectivity index (χ3n) is 5.12. The van der Waals surface area contributed by atoms with Gasteiger partial charge in [0.15, 0.2) is 11.5 Å². The molecular weight excluding hydrogens is 525 g/mol. The van der Waals surface area contributed by atoms with E-state index in [2.05, 4.69) is 15.3 Å². The van der Waals surface area contributed by atoms with E-state index >= 15 is 0 Å². The second-order valence-corrected chi connectivity index (χ2v) is 8.52. The first-order chi connectivity index (χ1) is 18.0. The van der Waals surface area contributed by atoms with Crippen molar-refractivity contribution in [1.82, 2.24) is 9.97 Å². The van der Waals surface area contributed by atoms with Gasteiger partial charge in [0.1, 0.15) is 0 Å². The quantitative estimate of drug-likeness (QED) is 0.233. The summed E-state index contributed by atoms with van der Waals surface area (Å²) in [5.41, 5.74) is 1.11. The Hall–Kier alpha value is -2.60. The van der Waals surface area contributed by atoms with Gasteiger partial charge in [-0.05, 0) is 12.1 Å². The monoisotopic (exact) mass is 555 g/mol. The van der Waals surface area contributed by atoms with Gasteiger partial charge in [0.2, 0.25) is 0 Å². The zero-order valence-corrected chi connectivity index (χ0v) is 22.3. The highest BCUT2D eigenvalue weighted by molar-refractivity contribution is 6.39. The molecule has 202 valence electrons. The van der Waals surface area contributed by atoms with Crippen LogP contribution in [0.15, 0.2) is 35.4 Å². The Morgan fingerprint density at radius 1 is 0.892 bits per heavy atom. The molecule has 1 aromatic carbocycles. The van der Waals surface area contributed by atoms with Crippen molar-refractivity contribution in [2.24, 2.45) is 0 Å². The summed E-state index contributed by atoms with van der Waals surface area (Å²) < 4.78 is 32.8. The molecule has 3 rings (SSSR count). The van der Waals surface area contributed by atoms with E-state index in [0.29, 0.717) is 103 Å². The summed E-state index contributed by atoms with van der Waals surface area (Å²) in [6, 6.07) is 5.01. The normalized spacial score (nSPS) is 11.1. The van der Waals surface area contributed by atoms with Crippen molar-refractivity contribution in [2.45, 2.75) is 6.42 Å². The summed E-state index contributed by atoms with van der Waals surface area (Å²) in [5.74, 6) is 0.909. The maximum absolute atomic E-state index is 12.5. The number of nitrogens with one attached hydrogen (secondary N) is 2. The third-order valence-corrected chi connectivity index (χ3v) is 5.70. The van der Waals surface area contributed by atoms with Crippen LogP contribution in [-0.2, 0) is 18.9 Å². The zero-order chi connectivity index (χ0) is 26.5. The molecule has 0 spiro atoms. The molecule has 2 aromatic heterocycles. The molecule has 0 saturated heterocycles. The highest BCUT2D eigenvalue weighted by Gasteiger charge is 2.16. The second kappa shape index (κ2) is 15.6. The smallest absolute Gasteiger partial charge is 0.250 e. The van der Waals surface area contributed by atoms with Gasteiger partial charge in [0, 0.05) is 44.0 Å². The SMILES string of the molecule is COCCOCCOCCOCCCOc1c(OC)ccc2c(Nc3c(Cl)cncc3Cl)cc(=O)[nH]c12. The zero-order valence-electron chi connectivity index (χ0n) is 20.8. The third kappa shape index (κ3) is 8.74. The van der Waals surface area contributed by atoms with E-state index in [1.165, 1.54) is 25.6 Å². The van der Waals surface area contributed by atoms with Crippen LogP contribution >= 0.6 is 23.2 Å². The minimum atomic E-state index is -0.332. The van der Waals surface area contributed by atoms with E-state index in [4.69, 9.17) is 51.6 Å². The van der Waals surface area contributed by atoms with Gasteiger partial charge >= 0.3 is 0 Å². The van der Waals surface area contributed by atoms with Crippen LogP contribution in [0.4, 0.5) is 11.4 Å². The van der Waals surface area contributed by atoms with Crippen LogP contribution in [0.1, 0.15) is 6.42 Å². The molecule has 12 heteroatoms. The molecule has 0 aliphatic rings. The van der Waals surface area contributed by atoms with Gasteiger partial charge in [0.05, 0.1) is 80.3 Å².